The molecule has 0 saturated carbocycles. The number of rotatable bonds is 5. The smallest absolute Gasteiger partial charge is 0.267 e. The lowest BCUT2D eigenvalue weighted by molar-refractivity contribution is 0.103. The molecule has 1 aliphatic rings. The molecule has 1 amide bonds. The third kappa shape index (κ3) is 3.98. The molecule has 2 aromatic rings. The third-order valence-electron chi connectivity index (χ3n) is 4.22. The van der Waals surface area contributed by atoms with Crippen LogP contribution in [0.25, 0.3) is 0 Å². The number of thiazole rings is 1. The quantitative estimate of drug-likeness (QED) is 0.906. The fraction of sp³-hybridized carbons (Fsp3) is 0.444. The summed E-state index contributed by atoms with van der Waals surface area (Å²) in [6.45, 7) is 7.19. The Bertz CT molecular complexity index is 672. The van der Waals surface area contributed by atoms with Crippen molar-refractivity contribution in [3.05, 3.63) is 45.4 Å². The zero-order valence-electron chi connectivity index (χ0n) is 13.8. The second-order valence-corrected chi connectivity index (χ2v) is 7.09. The third-order valence-corrected chi connectivity index (χ3v) is 5.37. The van der Waals surface area contributed by atoms with Gasteiger partial charge in [0.25, 0.3) is 5.91 Å². The number of hydrogen-bond donors (Lipinski definition) is 1. The first-order valence-corrected chi connectivity index (χ1v) is 9.06. The summed E-state index contributed by atoms with van der Waals surface area (Å²) in [4.78, 5) is 20.2. The average Bonchev–Trinajstić information content (AvgIpc) is 3.18. The summed E-state index contributed by atoms with van der Waals surface area (Å²) in [5.41, 5.74) is 2.93. The molecule has 2 heterocycles. The molecule has 1 saturated heterocycles. The van der Waals surface area contributed by atoms with Crippen LogP contribution in [-0.2, 0) is 13.0 Å². The first kappa shape index (κ1) is 16.1. The zero-order chi connectivity index (χ0) is 16.2. The van der Waals surface area contributed by atoms with E-state index in [-0.39, 0.29) is 5.91 Å². The molecule has 3 rings (SSSR count). The number of carbonyl (C=O) groups is 1. The Labute approximate surface area is 141 Å². The number of anilines is 1. The van der Waals surface area contributed by atoms with Crippen molar-refractivity contribution in [3.8, 4) is 0 Å². The van der Waals surface area contributed by atoms with Gasteiger partial charge in [-0.15, -0.1) is 11.3 Å². The Morgan fingerprint density at radius 3 is 2.61 bits per heavy atom. The van der Waals surface area contributed by atoms with Crippen LogP contribution in [0.5, 0.6) is 0 Å². The van der Waals surface area contributed by atoms with Gasteiger partial charge in [0.15, 0.2) is 0 Å². The van der Waals surface area contributed by atoms with Crippen LogP contribution >= 0.6 is 11.3 Å². The molecule has 0 spiro atoms. The van der Waals surface area contributed by atoms with E-state index in [1.54, 1.807) is 0 Å². The van der Waals surface area contributed by atoms with Crippen molar-refractivity contribution in [3.63, 3.8) is 0 Å². The second kappa shape index (κ2) is 7.23. The summed E-state index contributed by atoms with van der Waals surface area (Å²) in [5, 5.41) is 4.01. The predicted octanol–water partition coefficient (Wildman–Crippen LogP) is 3.86. The van der Waals surface area contributed by atoms with Crippen LogP contribution in [0, 0.1) is 6.92 Å². The van der Waals surface area contributed by atoms with Crippen molar-refractivity contribution in [1.82, 2.24) is 9.88 Å². The molecule has 23 heavy (non-hydrogen) atoms. The number of amides is 1. The standard InChI is InChI=1S/C18H23N3OS/c1-3-14-6-8-15(9-7-14)20-18(22)17-13(2)19-16(23-17)12-21-10-4-5-11-21/h6-9H,3-5,10-12H2,1-2H3,(H,20,22). The maximum absolute atomic E-state index is 12.5. The van der Waals surface area contributed by atoms with E-state index in [0.29, 0.717) is 0 Å². The van der Waals surface area contributed by atoms with Gasteiger partial charge in [0.1, 0.15) is 9.88 Å². The maximum Gasteiger partial charge on any atom is 0.267 e. The van der Waals surface area contributed by atoms with Crippen molar-refractivity contribution >= 4 is 22.9 Å². The summed E-state index contributed by atoms with van der Waals surface area (Å²) < 4.78 is 0. The lowest BCUT2D eigenvalue weighted by Crippen LogP contribution is -2.18. The molecule has 0 unspecified atom stereocenters. The van der Waals surface area contributed by atoms with Crippen LogP contribution in [0.2, 0.25) is 0 Å². The van der Waals surface area contributed by atoms with Crippen LogP contribution in [0.4, 0.5) is 5.69 Å². The number of aromatic nitrogens is 1. The molecule has 4 nitrogen and oxygen atoms in total. The molecule has 1 N–H and O–H groups in total. The Morgan fingerprint density at radius 1 is 1.26 bits per heavy atom. The highest BCUT2D eigenvalue weighted by atomic mass is 32.1. The van der Waals surface area contributed by atoms with E-state index >= 15 is 0 Å². The number of nitrogens with one attached hydrogen (secondary N) is 1. The fourth-order valence-electron chi connectivity index (χ4n) is 2.87. The van der Waals surface area contributed by atoms with Gasteiger partial charge in [-0.2, -0.15) is 0 Å². The van der Waals surface area contributed by atoms with Crippen LogP contribution in [-0.4, -0.2) is 28.9 Å². The highest BCUT2D eigenvalue weighted by Gasteiger charge is 2.18. The van der Waals surface area contributed by atoms with Gasteiger partial charge < -0.3 is 5.32 Å². The van der Waals surface area contributed by atoms with Crippen LogP contribution in [0.3, 0.4) is 0 Å². The number of nitrogens with zero attached hydrogens (tertiary/aromatic N) is 2. The zero-order valence-corrected chi connectivity index (χ0v) is 14.6. The highest BCUT2D eigenvalue weighted by Crippen LogP contribution is 2.22. The molecule has 5 heteroatoms. The summed E-state index contributed by atoms with van der Waals surface area (Å²) >= 11 is 1.52. The molecule has 0 radical (unpaired) electrons. The van der Waals surface area contributed by atoms with E-state index in [0.717, 1.165) is 47.3 Å². The number of hydrogen-bond acceptors (Lipinski definition) is 4. The molecule has 1 aliphatic heterocycles. The molecular weight excluding hydrogens is 306 g/mol. The molecule has 1 aromatic heterocycles. The largest absolute Gasteiger partial charge is 0.321 e. The summed E-state index contributed by atoms with van der Waals surface area (Å²) in [5.74, 6) is -0.0584. The van der Waals surface area contributed by atoms with Gasteiger partial charge in [0, 0.05) is 5.69 Å². The molecular formula is C18H23N3OS. The molecule has 122 valence electrons. The Hall–Kier alpha value is -1.72. The fourth-order valence-corrected chi connectivity index (χ4v) is 3.88. The van der Waals surface area contributed by atoms with Gasteiger partial charge in [-0.25, -0.2) is 4.98 Å². The number of carbonyl (C=O) groups excluding carboxylic acids is 1. The lowest BCUT2D eigenvalue weighted by Gasteiger charge is -2.11. The lowest BCUT2D eigenvalue weighted by atomic mass is 10.1. The van der Waals surface area contributed by atoms with E-state index in [2.05, 4.69) is 22.1 Å². The van der Waals surface area contributed by atoms with E-state index in [4.69, 9.17) is 0 Å². The van der Waals surface area contributed by atoms with E-state index in [9.17, 15) is 4.79 Å². The predicted molar refractivity (Wildman–Crippen MR) is 95.1 cm³/mol. The van der Waals surface area contributed by atoms with Gasteiger partial charge in [-0.05, 0) is 57.0 Å². The van der Waals surface area contributed by atoms with Crippen molar-refractivity contribution in [1.29, 1.82) is 0 Å². The monoisotopic (exact) mass is 329 g/mol. The van der Waals surface area contributed by atoms with Crippen LogP contribution in [0.1, 0.15) is 45.7 Å². The Kier molecular flexibility index (Phi) is 5.08. The molecule has 0 aliphatic carbocycles. The molecule has 0 atom stereocenters. The minimum absolute atomic E-state index is 0.0584. The topological polar surface area (TPSA) is 45.2 Å². The highest BCUT2D eigenvalue weighted by molar-refractivity contribution is 7.13. The Balaban J connectivity index is 1.67. The van der Waals surface area contributed by atoms with Crippen molar-refractivity contribution < 1.29 is 4.79 Å². The van der Waals surface area contributed by atoms with E-state index < -0.39 is 0 Å². The number of aryl methyl sites for hydroxylation is 2. The minimum atomic E-state index is -0.0584. The molecule has 0 bridgehead atoms. The first-order chi connectivity index (χ1) is 11.2. The SMILES string of the molecule is CCc1ccc(NC(=O)c2sc(CN3CCCC3)nc2C)cc1. The number of likely N-dealkylation sites (tertiary alicyclic amines) is 1. The van der Waals surface area contributed by atoms with E-state index in [1.165, 1.54) is 29.7 Å². The van der Waals surface area contributed by atoms with Crippen LogP contribution < -0.4 is 5.32 Å². The summed E-state index contributed by atoms with van der Waals surface area (Å²) in [7, 11) is 0. The number of benzene rings is 1. The van der Waals surface area contributed by atoms with Gasteiger partial charge in [-0.1, -0.05) is 19.1 Å². The van der Waals surface area contributed by atoms with Gasteiger partial charge in [0.2, 0.25) is 0 Å². The summed E-state index contributed by atoms with van der Waals surface area (Å²) in [6.07, 6.45) is 3.54. The minimum Gasteiger partial charge on any atom is -0.321 e. The van der Waals surface area contributed by atoms with Gasteiger partial charge in [0.05, 0.1) is 12.2 Å². The summed E-state index contributed by atoms with van der Waals surface area (Å²) in [6, 6.07) is 8.01. The normalized spacial score (nSPS) is 15.0. The molecule has 1 aromatic carbocycles. The van der Waals surface area contributed by atoms with Crippen molar-refractivity contribution in [2.24, 2.45) is 0 Å². The van der Waals surface area contributed by atoms with Gasteiger partial charge >= 0.3 is 0 Å². The first-order valence-electron chi connectivity index (χ1n) is 8.24. The van der Waals surface area contributed by atoms with E-state index in [1.807, 2.05) is 31.2 Å². The van der Waals surface area contributed by atoms with Gasteiger partial charge in [-0.3, -0.25) is 9.69 Å². The molecule has 1 fully saturated rings. The van der Waals surface area contributed by atoms with Crippen molar-refractivity contribution in [2.45, 2.75) is 39.7 Å². The maximum atomic E-state index is 12.5. The average molecular weight is 329 g/mol. The van der Waals surface area contributed by atoms with Crippen LogP contribution in [0.15, 0.2) is 24.3 Å². The Morgan fingerprint density at radius 2 is 1.96 bits per heavy atom. The second-order valence-electron chi connectivity index (χ2n) is 6.01. The van der Waals surface area contributed by atoms with Crippen molar-refractivity contribution in [2.75, 3.05) is 18.4 Å².